The van der Waals surface area contributed by atoms with Crippen molar-refractivity contribution in [1.29, 1.82) is 0 Å². The average molecular weight is 1040 g/mol. The van der Waals surface area contributed by atoms with E-state index in [0.29, 0.717) is 12.0 Å². The normalized spacial score (nSPS) is 18.2. The van der Waals surface area contributed by atoms with Crippen molar-refractivity contribution in [2.45, 2.75) is 159 Å². The number of nitrogens with two attached hydrogens (primary N) is 3. The summed E-state index contributed by atoms with van der Waals surface area (Å²) in [5.41, 5.74) is 16.5. The second kappa shape index (κ2) is 29.5. The van der Waals surface area contributed by atoms with E-state index >= 15 is 0 Å². The smallest absolute Gasteiger partial charge is 0.328 e. The number of aliphatic carboxylic acids is 1. The van der Waals surface area contributed by atoms with E-state index in [0.717, 1.165) is 25.7 Å². The van der Waals surface area contributed by atoms with Crippen LogP contribution in [0, 0.1) is 5.92 Å². The fraction of sp³-hybridized carbons (Fsp3) is 0.622. The van der Waals surface area contributed by atoms with Gasteiger partial charge in [-0.25, -0.2) is 4.79 Å². The molecule has 0 saturated carbocycles. The van der Waals surface area contributed by atoms with Gasteiger partial charge in [0.1, 0.15) is 48.0 Å². The molecule has 19 N–H and O–H groups in total. The third kappa shape index (κ3) is 19.5. The molecule has 1 aromatic carbocycles. The van der Waals surface area contributed by atoms with Gasteiger partial charge >= 0.3 is 5.97 Å². The molecule has 408 valence electrons. The van der Waals surface area contributed by atoms with Crippen molar-refractivity contribution in [2.75, 3.05) is 13.2 Å². The molecule has 2 rings (SSSR count). The molecular weight excluding hydrogens is 967 g/mol. The first kappa shape index (κ1) is 62.1. The Hall–Kier alpha value is -7.01. The van der Waals surface area contributed by atoms with Gasteiger partial charge in [0, 0.05) is 25.8 Å². The third-order valence-electron chi connectivity index (χ3n) is 12.0. The molecule has 13 atom stereocenters. The number of hydrogen-bond donors (Lipinski definition) is 16. The molecule has 10 amide bonds. The van der Waals surface area contributed by atoms with E-state index in [2.05, 4.69) is 37.2 Å². The number of carbonyl (C=O) groups excluding carboxylic acids is 10. The number of primary amides is 2. The predicted molar refractivity (Wildman–Crippen MR) is 254 cm³/mol. The molecule has 0 spiro atoms. The van der Waals surface area contributed by atoms with Gasteiger partial charge in [-0.2, -0.15) is 0 Å². The van der Waals surface area contributed by atoms with Crippen LogP contribution in [0.3, 0.4) is 0 Å². The van der Waals surface area contributed by atoms with Crippen molar-refractivity contribution < 1.29 is 83.4 Å². The average Bonchev–Trinajstić information content (AvgIpc) is 3.82. The Labute approximate surface area is 420 Å². The van der Waals surface area contributed by atoms with E-state index in [-0.39, 0.29) is 44.4 Å². The second-order valence-electron chi connectivity index (χ2n) is 17.9. The van der Waals surface area contributed by atoms with Crippen LogP contribution in [-0.4, -0.2) is 186 Å². The van der Waals surface area contributed by atoms with Gasteiger partial charge < -0.3 is 90.0 Å². The van der Waals surface area contributed by atoms with E-state index in [4.69, 9.17) is 17.2 Å². The Morgan fingerprint density at radius 2 is 1.11 bits per heavy atom. The molecule has 1 fully saturated rings. The summed E-state index contributed by atoms with van der Waals surface area (Å²) in [6, 6.07) is -9.14. The molecule has 0 aliphatic carbocycles. The number of aliphatic hydroxyl groups is 4. The van der Waals surface area contributed by atoms with E-state index in [9.17, 15) is 83.4 Å². The predicted octanol–water partition coefficient (Wildman–Crippen LogP) is -6.56. The van der Waals surface area contributed by atoms with Crippen LogP contribution in [0.4, 0.5) is 0 Å². The standard InChI is InChI=1S/C45H71N11O17/c1-6-20(2)33(42(69)55-36(23(5)60)45(72)73)52-41(68)30-8-7-17-56(30)44(71)35(22(4)59)54-40(67)29(19-57)51-39(66)28(18-24-9-11-25(61)12-10-24)50-43(70)34(21(3)58)53-38(65)27(14-16-32(48)63)49-37(64)26(46)13-15-31(47)62/h9-12,20-23,26-30,33-36,57-61H,6-8,13-19,46H2,1-5H3,(H2,47,62)(H2,48,63)(H,49,64)(H,50,70)(H,51,66)(H,52,68)(H,53,65)(H,54,67)(H,55,69)(H,72,73)/t20-,21+,22+,23+,26-,27-,28-,29-,30-,33-,34-,35-,36-/m0/s1. The lowest BCUT2D eigenvalue weighted by molar-refractivity contribution is -0.146. The Bertz CT molecular complexity index is 2130. The van der Waals surface area contributed by atoms with Gasteiger partial charge in [0.2, 0.25) is 59.1 Å². The first-order valence-electron chi connectivity index (χ1n) is 23.5. The Morgan fingerprint density at radius 1 is 0.630 bits per heavy atom. The molecule has 0 radical (unpaired) electrons. The van der Waals surface area contributed by atoms with E-state index < -0.39 is 163 Å². The molecule has 1 heterocycles. The van der Waals surface area contributed by atoms with Gasteiger partial charge in [-0.05, 0) is 70.1 Å². The quantitative estimate of drug-likeness (QED) is 0.0341. The molecule has 0 bridgehead atoms. The zero-order valence-corrected chi connectivity index (χ0v) is 41.2. The largest absolute Gasteiger partial charge is 0.508 e. The Balaban J connectivity index is 2.36. The summed E-state index contributed by atoms with van der Waals surface area (Å²) >= 11 is 0. The van der Waals surface area contributed by atoms with Crippen LogP contribution in [0.25, 0.3) is 0 Å². The van der Waals surface area contributed by atoms with Gasteiger partial charge in [0.15, 0.2) is 6.04 Å². The number of nitrogens with zero attached hydrogens (tertiary/aromatic N) is 1. The van der Waals surface area contributed by atoms with Crippen molar-refractivity contribution in [1.82, 2.24) is 42.1 Å². The number of likely N-dealkylation sites (tertiary alicyclic amines) is 1. The summed E-state index contributed by atoms with van der Waals surface area (Å²) in [5.74, 6) is -12.2. The van der Waals surface area contributed by atoms with Crippen LogP contribution in [0.1, 0.15) is 85.1 Å². The number of benzene rings is 1. The molecule has 1 saturated heterocycles. The number of carboxylic acids is 1. The highest BCUT2D eigenvalue weighted by Crippen LogP contribution is 2.21. The van der Waals surface area contributed by atoms with Crippen molar-refractivity contribution >= 4 is 65.0 Å². The number of hydrogen-bond acceptors (Lipinski definition) is 17. The third-order valence-corrected chi connectivity index (χ3v) is 12.0. The van der Waals surface area contributed by atoms with Crippen molar-refractivity contribution in [2.24, 2.45) is 23.1 Å². The minimum atomic E-state index is -1.89. The van der Waals surface area contributed by atoms with Gasteiger partial charge in [-0.15, -0.1) is 0 Å². The SMILES string of the molecule is CC[C@H](C)[C@H](NC(=O)[C@@H]1CCCN1C(=O)[C@@H](NC(=O)[C@H](CO)NC(=O)[C@H](Cc1ccc(O)cc1)NC(=O)[C@@H](NC(=O)[C@H](CCC(N)=O)NC(=O)[C@@H](N)CCC(N)=O)[C@@H](C)O)[C@@H](C)O)C(=O)N[C@H](C(=O)O)[C@@H](C)O. The number of aromatic hydroxyl groups is 1. The molecule has 28 heteroatoms. The number of carbonyl (C=O) groups is 11. The molecule has 73 heavy (non-hydrogen) atoms. The van der Waals surface area contributed by atoms with Crippen LogP contribution >= 0.6 is 0 Å². The minimum Gasteiger partial charge on any atom is -0.508 e. The number of amides is 10. The highest BCUT2D eigenvalue weighted by molar-refractivity contribution is 5.99. The fourth-order valence-electron chi connectivity index (χ4n) is 7.43. The first-order chi connectivity index (χ1) is 34.1. The summed E-state index contributed by atoms with van der Waals surface area (Å²) in [6.45, 7) is 5.53. The first-order valence-corrected chi connectivity index (χ1v) is 23.5. The van der Waals surface area contributed by atoms with E-state index in [1.807, 2.05) is 0 Å². The lowest BCUT2D eigenvalue weighted by Crippen LogP contribution is -2.63. The van der Waals surface area contributed by atoms with Gasteiger partial charge in [-0.3, -0.25) is 47.9 Å². The number of aliphatic hydroxyl groups excluding tert-OH is 4. The van der Waals surface area contributed by atoms with Gasteiger partial charge in [0.25, 0.3) is 0 Å². The fourth-order valence-corrected chi connectivity index (χ4v) is 7.43. The van der Waals surface area contributed by atoms with Crippen LogP contribution in [0.5, 0.6) is 5.75 Å². The van der Waals surface area contributed by atoms with Crippen molar-refractivity contribution in [3.8, 4) is 5.75 Å². The maximum absolute atomic E-state index is 14.0. The number of rotatable bonds is 30. The molecule has 0 unspecified atom stereocenters. The summed E-state index contributed by atoms with van der Waals surface area (Å²) in [6.07, 6.45) is -5.89. The van der Waals surface area contributed by atoms with Gasteiger partial charge in [0.05, 0.1) is 31.0 Å². The lowest BCUT2D eigenvalue weighted by Gasteiger charge is -2.32. The maximum Gasteiger partial charge on any atom is 0.328 e. The molecule has 1 aliphatic rings. The number of phenolic OH excluding ortho intramolecular Hbond substituents is 1. The van der Waals surface area contributed by atoms with Crippen LogP contribution < -0.4 is 54.4 Å². The van der Waals surface area contributed by atoms with Crippen LogP contribution in [-0.2, 0) is 59.2 Å². The topological polar surface area (TPSA) is 475 Å². The molecule has 1 aromatic rings. The summed E-state index contributed by atoms with van der Waals surface area (Å²) in [7, 11) is 0. The number of nitrogens with one attached hydrogen (secondary N) is 7. The van der Waals surface area contributed by atoms with Gasteiger partial charge in [-0.1, -0.05) is 32.4 Å². The van der Waals surface area contributed by atoms with Crippen molar-refractivity contribution in [3.63, 3.8) is 0 Å². The highest BCUT2D eigenvalue weighted by Gasteiger charge is 2.42. The summed E-state index contributed by atoms with van der Waals surface area (Å²) < 4.78 is 0. The molecule has 0 aromatic heterocycles. The molecular formula is C45H71N11O17. The number of carboxylic acid groups (broad SMARTS) is 1. The van der Waals surface area contributed by atoms with E-state index in [1.54, 1.807) is 13.8 Å². The summed E-state index contributed by atoms with van der Waals surface area (Å²) in [4.78, 5) is 144. The van der Waals surface area contributed by atoms with Crippen molar-refractivity contribution in [3.05, 3.63) is 29.8 Å². The summed E-state index contributed by atoms with van der Waals surface area (Å²) in [5, 5.41) is 77.2. The van der Waals surface area contributed by atoms with Crippen LogP contribution in [0.2, 0.25) is 0 Å². The van der Waals surface area contributed by atoms with E-state index in [1.165, 1.54) is 24.3 Å². The monoisotopic (exact) mass is 1040 g/mol. The van der Waals surface area contributed by atoms with Crippen LogP contribution in [0.15, 0.2) is 24.3 Å². The Morgan fingerprint density at radius 3 is 1.63 bits per heavy atom. The number of phenols is 1. The second-order valence-corrected chi connectivity index (χ2v) is 17.9. The zero-order chi connectivity index (χ0) is 55.4. The minimum absolute atomic E-state index is 0.0543. The molecule has 1 aliphatic heterocycles. The maximum atomic E-state index is 14.0. The zero-order valence-electron chi connectivity index (χ0n) is 41.2. The lowest BCUT2D eigenvalue weighted by atomic mass is 9.97. The Kier molecular flexibility index (Phi) is 25.1. The highest BCUT2D eigenvalue weighted by atomic mass is 16.4. The molecule has 28 nitrogen and oxygen atoms in total.